The molecule has 0 aromatic rings. The third kappa shape index (κ3) is 15.3. The summed E-state index contributed by atoms with van der Waals surface area (Å²) < 4.78 is 40.0. The first-order valence-corrected chi connectivity index (χ1v) is 5.26. The molecule has 0 amide bonds. The molecule has 0 N–H and O–H groups in total. The van der Waals surface area contributed by atoms with Gasteiger partial charge in [0.2, 0.25) is 0 Å². The van der Waals surface area contributed by atoms with E-state index in [9.17, 15) is 17.7 Å². The van der Waals surface area contributed by atoms with E-state index in [4.69, 9.17) is 4.74 Å². The van der Waals surface area contributed by atoms with Crippen molar-refractivity contribution in [3.05, 3.63) is 0 Å². The Kier molecular flexibility index (Phi) is 9.46. The number of thioether (sulfide) groups is 1. The normalized spacial score (nSPS) is 11.9. The summed E-state index contributed by atoms with van der Waals surface area (Å²) in [5.41, 5.74) is -1.60. The van der Waals surface area contributed by atoms with Crippen molar-refractivity contribution in [1.29, 1.82) is 0 Å². The molecule has 0 fully saturated rings. The third-order valence-corrected chi connectivity index (χ3v) is 2.00. The average molecular weight is 268 g/mol. The van der Waals surface area contributed by atoms with Gasteiger partial charge in [-0.1, -0.05) is 0 Å². The molecule has 0 spiro atoms. The van der Waals surface area contributed by atoms with E-state index in [2.05, 4.69) is 0 Å². The standard InChI is InChI=1S/C7H13BF3O2S.K/c1-7(2,3)13-6(12)4-14-5-8(9,10)11;/h4-5H2,1-3H3;/q-1;+1. The van der Waals surface area contributed by atoms with Crippen LogP contribution in [0.1, 0.15) is 20.8 Å². The Balaban J connectivity index is 0. The van der Waals surface area contributed by atoms with Crippen LogP contribution >= 0.6 is 11.8 Å². The topological polar surface area (TPSA) is 26.3 Å². The number of hydrogen-bond acceptors (Lipinski definition) is 3. The van der Waals surface area contributed by atoms with Crippen LogP contribution in [0.15, 0.2) is 0 Å². The van der Waals surface area contributed by atoms with Crippen LogP contribution in [0.2, 0.25) is 0 Å². The molecule has 0 bridgehead atoms. The van der Waals surface area contributed by atoms with Crippen LogP contribution in [0, 0.1) is 0 Å². The van der Waals surface area contributed by atoms with Crippen LogP contribution in [0.3, 0.4) is 0 Å². The average Bonchev–Trinajstić information content (AvgIpc) is 1.78. The quantitative estimate of drug-likeness (QED) is 0.505. The van der Waals surface area contributed by atoms with Gasteiger partial charge in [-0.05, 0) is 26.4 Å². The molecule has 0 unspecified atom stereocenters. The van der Waals surface area contributed by atoms with Gasteiger partial charge in [-0.15, -0.1) is 0 Å². The molecule has 0 aliphatic rings. The van der Waals surface area contributed by atoms with Gasteiger partial charge in [-0.2, -0.15) is 11.8 Å². The zero-order valence-electron chi connectivity index (χ0n) is 9.35. The zero-order chi connectivity index (χ0) is 11.4. The first-order valence-electron chi connectivity index (χ1n) is 4.11. The number of halogens is 3. The minimum Gasteiger partial charge on any atom is -0.459 e. The molecule has 0 aromatic heterocycles. The van der Waals surface area contributed by atoms with E-state index in [1.165, 1.54) is 0 Å². The Morgan fingerprint density at radius 1 is 1.33 bits per heavy atom. The second-order valence-corrected chi connectivity index (χ2v) is 4.84. The zero-order valence-corrected chi connectivity index (χ0v) is 13.3. The predicted molar refractivity (Wildman–Crippen MR) is 52.2 cm³/mol. The Morgan fingerprint density at radius 2 is 1.80 bits per heavy atom. The van der Waals surface area contributed by atoms with Gasteiger partial charge in [0.15, 0.2) is 0 Å². The number of carbonyl (C=O) groups is 1. The maximum Gasteiger partial charge on any atom is 1.00 e. The maximum atomic E-state index is 11.7. The SMILES string of the molecule is CC(C)(C)OC(=O)CSC[B-](F)(F)F.[K+]. The Labute approximate surface area is 135 Å². The number of carbonyl (C=O) groups excluding carboxylic acids is 1. The monoisotopic (exact) mass is 268 g/mol. The van der Waals surface area contributed by atoms with E-state index >= 15 is 0 Å². The van der Waals surface area contributed by atoms with Gasteiger partial charge in [-0.25, -0.2) is 0 Å². The van der Waals surface area contributed by atoms with E-state index < -0.39 is 24.2 Å². The van der Waals surface area contributed by atoms with Gasteiger partial charge in [0.25, 0.3) is 0 Å². The summed E-state index contributed by atoms with van der Waals surface area (Å²) in [5, 5.41) is 0. The molecule has 0 aromatic carbocycles. The van der Waals surface area contributed by atoms with Crippen LogP contribution in [0.5, 0.6) is 0 Å². The van der Waals surface area contributed by atoms with Gasteiger partial charge in [0, 0.05) is 0 Å². The van der Waals surface area contributed by atoms with E-state index in [1.807, 2.05) is 0 Å². The number of hydrogen-bond donors (Lipinski definition) is 0. The van der Waals surface area contributed by atoms with Crippen LogP contribution in [0.25, 0.3) is 0 Å². The van der Waals surface area contributed by atoms with Gasteiger partial charge in [-0.3, -0.25) is 4.79 Å². The van der Waals surface area contributed by atoms with E-state index in [0.717, 1.165) is 0 Å². The fourth-order valence-electron chi connectivity index (χ4n) is 0.647. The Morgan fingerprint density at radius 3 is 2.13 bits per heavy atom. The van der Waals surface area contributed by atoms with Gasteiger partial charge < -0.3 is 17.7 Å². The summed E-state index contributed by atoms with van der Waals surface area (Å²) in [7, 11) is 0. The summed E-state index contributed by atoms with van der Waals surface area (Å²) in [6.07, 6.45) is 0. The summed E-state index contributed by atoms with van der Waals surface area (Å²) in [6, 6.07) is 0. The maximum absolute atomic E-state index is 11.7. The molecule has 0 rings (SSSR count). The molecule has 0 saturated carbocycles. The molecule has 84 valence electrons. The van der Waals surface area contributed by atoms with Crippen LogP contribution < -0.4 is 51.4 Å². The van der Waals surface area contributed by atoms with Crippen molar-refractivity contribution in [3.8, 4) is 0 Å². The molecule has 0 heterocycles. The van der Waals surface area contributed by atoms with Gasteiger partial charge in [0.05, 0.1) is 5.75 Å². The molecule has 8 heteroatoms. The summed E-state index contributed by atoms with van der Waals surface area (Å²) in [6.45, 7) is 0.196. The van der Waals surface area contributed by atoms with Crippen LogP contribution in [-0.4, -0.2) is 30.0 Å². The molecule has 0 atom stereocenters. The number of ether oxygens (including phenoxy) is 1. The smallest absolute Gasteiger partial charge is 0.459 e. The fraction of sp³-hybridized carbons (Fsp3) is 0.857. The van der Waals surface area contributed by atoms with E-state index in [0.29, 0.717) is 11.8 Å². The molecular weight excluding hydrogens is 255 g/mol. The fourth-order valence-corrected chi connectivity index (χ4v) is 1.26. The Bertz CT molecular complexity index is 205. The largest absolute Gasteiger partial charge is 1.00 e. The van der Waals surface area contributed by atoms with Crippen LogP contribution in [-0.2, 0) is 9.53 Å². The van der Waals surface area contributed by atoms with E-state index in [1.54, 1.807) is 20.8 Å². The minimum absolute atomic E-state index is 0. The van der Waals surface area contributed by atoms with Crippen molar-refractivity contribution in [3.63, 3.8) is 0 Å². The van der Waals surface area contributed by atoms with Crippen molar-refractivity contribution in [1.82, 2.24) is 0 Å². The summed E-state index contributed by atoms with van der Waals surface area (Å²) in [4.78, 5) is 10.9. The predicted octanol–water partition coefficient (Wildman–Crippen LogP) is -0.548. The first-order chi connectivity index (χ1) is 6.10. The molecule has 0 aliphatic heterocycles. The van der Waals surface area contributed by atoms with E-state index in [-0.39, 0.29) is 57.1 Å². The molecule has 15 heavy (non-hydrogen) atoms. The second kappa shape index (κ2) is 7.60. The number of rotatable bonds is 4. The summed E-state index contributed by atoms with van der Waals surface area (Å²) >= 11 is 0.537. The van der Waals surface area contributed by atoms with Crippen molar-refractivity contribution >= 4 is 24.7 Å². The third-order valence-electron chi connectivity index (χ3n) is 0.947. The first kappa shape index (κ1) is 18.7. The molecule has 0 saturated heterocycles. The van der Waals surface area contributed by atoms with Crippen LogP contribution in [0.4, 0.5) is 12.9 Å². The van der Waals surface area contributed by atoms with Gasteiger partial charge >= 0.3 is 64.3 Å². The van der Waals surface area contributed by atoms with Crippen molar-refractivity contribution in [2.75, 3.05) is 11.4 Å². The molecular formula is C7H13BF3KO2S. The molecule has 0 aliphatic carbocycles. The Hall–Kier alpha value is 1.31. The molecule has 0 radical (unpaired) electrons. The second-order valence-electron chi connectivity index (χ2n) is 3.81. The van der Waals surface area contributed by atoms with Crippen molar-refractivity contribution in [2.45, 2.75) is 26.4 Å². The minimum atomic E-state index is -4.81. The van der Waals surface area contributed by atoms with Crippen molar-refractivity contribution in [2.24, 2.45) is 0 Å². The van der Waals surface area contributed by atoms with Crippen molar-refractivity contribution < 1.29 is 73.9 Å². The molecule has 2 nitrogen and oxygen atoms in total. The number of esters is 1. The van der Waals surface area contributed by atoms with Gasteiger partial charge in [0.1, 0.15) is 5.60 Å². The summed E-state index contributed by atoms with van der Waals surface area (Å²) in [5.74, 6) is -0.860.